The third kappa shape index (κ3) is 3.93. The van der Waals surface area contributed by atoms with Gasteiger partial charge in [-0.2, -0.15) is 0 Å². The monoisotopic (exact) mass is 412 g/mol. The van der Waals surface area contributed by atoms with Crippen LogP contribution in [0, 0.1) is 6.92 Å². The van der Waals surface area contributed by atoms with E-state index in [0.29, 0.717) is 28.4 Å². The van der Waals surface area contributed by atoms with Crippen molar-refractivity contribution in [3.05, 3.63) is 83.4 Å². The highest BCUT2D eigenvalue weighted by atomic mass is 32.2. The van der Waals surface area contributed by atoms with E-state index in [0.717, 1.165) is 5.56 Å². The quantitative estimate of drug-likeness (QED) is 0.568. The second-order valence-electron chi connectivity index (χ2n) is 6.57. The molecule has 0 heterocycles. The molecule has 152 valence electrons. The van der Waals surface area contributed by atoms with Crippen LogP contribution in [0.15, 0.2) is 71.6 Å². The predicted molar refractivity (Wildman–Crippen MR) is 113 cm³/mol. The molecule has 3 aromatic rings. The number of hydrogen-bond acceptors (Lipinski definition) is 5. The number of benzene rings is 3. The molecular formula is C23H24O5S. The summed E-state index contributed by atoms with van der Waals surface area (Å²) in [6.45, 7) is 1.92. The Morgan fingerprint density at radius 3 is 1.90 bits per heavy atom. The fourth-order valence-corrected chi connectivity index (χ4v) is 5.17. The van der Waals surface area contributed by atoms with Crippen LogP contribution in [0.1, 0.15) is 21.9 Å². The molecular weight excluding hydrogens is 388 g/mol. The van der Waals surface area contributed by atoms with Gasteiger partial charge in [0.05, 0.1) is 26.2 Å². The number of rotatable bonds is 7. The zero-order chi connectivity index (χ0) is 21.0. The van der Waals surface area contributed by atoms with Gasteiger partial charge in [-0.1, -0.05) is 48.0 Å². The molecule has 0 amide bonds. The lowest BCUT2D eigenvalue weighted by Crippen LogP contribution is -2.16. The Balaban J connectivity index is 2.30. The molecule has 0 aliphatic carbocycles. The van der Waals surface area contributed by atoms with Crippen molar-refractivity contribution in [1.29, 1.82) is 0 Å². The van der Waals surface area contributed by atoms with Gasteiger partial charge in [-0.05, 0) is 36.8 Å². The van der Waals surface area contributed by atoms with Gasteiger partial charge in [-0.15, -0.1) is 0 Å². The maximum atomic E-state index is 13.7. The van der Waals surface area contributed by atoms with E-state index in [1.54, 1.807) is 48.5 Å². The highest BCUT2D eigenvalue weighted by molar-refractivity contribution is 7.92. The molecule has 5 nitrogen and oxygen atoms in total. The number of methoxy groups -OCH3 is 3. The number of sulfone groups is 1. The summed E-state index contributed by atoms with van der Waals surface area (Å²) >= 11 is 0. The van der Waals surface area contributed by atoms with Crippen molar-refractivity contribution in [3.8, 4) is 17.2 Å². The molecule has 0 aliphatic heterocycles. The minimum atomic E-state index is -3.78. The van der Waals surface area contributed by atoms with Gasteiger partial charge in [-0.25, -0.2) is 8.42 Å². The molecule has 0 radical (unpaired) electrons. The Bertz CT molecular complexity index is 1070. The fourth-order valence-electron chi connectivity index (χ4n) is 3.35. The summed E-state index contributed by atoms with van der Waals surface area (Å²) in [6, 6.07) is 19.3. The standard InChI is InChI=1S/C23H24O5S/c1-16-10-12-18(13-11-16)29(24,25)23(17-8-6-5-7-9-17)19-14-15-20(26-2)22(28-4)21(19)27-3/h5-15,23H,1-4H3. The molecule has 1 unspecified atom stereocenters. The molecule has 0 spiro atoms. The molecule has 0 saturated heterocycles. The summed E-state index contributed by atoms with van der Waals surface area (Å²) < 4.78 is 43.9. The molecule has 0 aliphatic rings. The molecule has 0 saturated carbocycles. The first-order chi connectivity index (χ1) is 13.9. The topological polar surface area (TPSA) is 61.8 Å². The first-order valence-electron chi connectivity index (χ1n) is 9.08. The molecule has 0 fully saturated rings. The maximum Gasteiger partial charge on any atom is 0.203 e. The van der Waals surface area contributed by atoms with E-state index >= 15 is 0 Å². The van der Waals surface area contributed by atoms with Crippen LogP contribution in [-0.4, -0.2) is 29.7 Å². The fraction of sp³-hybridized carbons (Fsp3) is 0.217. The van der Waals surface area contributed by atoms with E-state index in [4.69, 9.17) is 14.2 Å². The van der Waals surface area contributed by atoms with E-state index in [1.807, 2.05) is 25.1 Å². The first kappa shape index (κ1) is 20.7. The zero-order valence-electron chi connectivity index (χ0n) is 16.9. The van der Waals surface area contributed by atoms with Gasteiger partial charge in [0.1, 0.15) is 5.25 Å². The van der Waals surface area contributed by atoms with Crippen LogP contribution in [0.4, 0.5) is 0 Å². The summed E-state index contributed by atoms with van der Waals surface area (Å²) in [6.07, 6.45) is 0. The predicted octanol–water partition coefficient (Wildman–Crippen LogP) is 4.58. The molecule has 0 bridgehead atoms. The lowest BCUT2D eigenvalue weighted by atomic mass is 10.0. The van der Waals surface area contributed by atoms with Crippen LogP contribution >= 0.6 is 0 Å². The summed E-state index contributed by atoms with van der Waals surface area (Å²) in [7, 11) is 0.729. The summed E-state index contributed by atoms with van der Waals surface area (Å²) in [4.78, 5) is 0.244. The zero-order valence-corrected chi connectivity index (χ0v) is 17.7. The van der Waals surface area contributed by atoms with Crippen LogP contribution in [-0.2, 0) is 9.84 Å². The van der Waals surface area contributed by atoms with Crippen LogP contribution < -0.4 is 14.2 Å². The first-order valence-corrected chi connectivity index (χ1v) is 10.6. The Kier molecular flexibility index (Phi) is 6.13. The highest BCUT2D eigenvalue weighted by Gasteiger charge is 2.34. The molecule has 3 rings (SSSR count). The van der Waals surface area contributed by atoms with Crippen LogP contribution in [0.5, 0.6) is 17.2 Å². The molecule has 1 atom stereocenters. The smallest absolute Gasteiger partial charge is 0.203 e. The van der Waals surface area contributed by atoms with E-state index < -0.39 is 15.1 Å². The third-order valence-electron chi connectivity index (χ3n) is 4.78. The van der Waals surface area contributed by atoms with Crippen molar-refractivity contribution >= 4 is 9.84 Å². The van der Waals surface area contributed by atoms with E-state index in [2.05, 4.69) is 0 Å². The molecule has 3 aromatic carbocycles. The maximum absolute atomic E-state index is 13.7. The largest absolute Gasteiger partial charge is 0.493 e. The van der Waals surface area contributed by atoms with Gasteiger partial charge in [-0.3, -0.25) is 0 Å². The summed E-state index contributed by atoms with van der Waals surface area (Å²) in [5.41, 5.74) is 2.11. The number of ether oxygens (including phenoxy) is 3. The van der Waals surface area contributed by atoms with E-state index in [9.17, 15) is 8.42 Å². The summed E-state index contributed by atoms with van der Waals surface area (Å²) in [5.74, 6) is 1.15. The van der Waals surface area contributed by atoms with Crippen molar-refractivity contribution in [1.82, 2.24) is 0 Å². The lowest BCUT2D eigenvalue weighted by Gasteiger charge is -2.23. The van der Waals surface area contributed by atoms with E-state index in [1.165, 1.54) is 21.3 Å². The molecule has 29 heavy (non-hydrogen) atoms. The Hall–Kier alpha value is -2.99. The van der Waals surface area contributed by atoms with Gasteiger partial charge in [0, 0.05) is 5.56 Å². The average Bonchev–Trinajstić information content (AvgIpc) is 2.74. The molecule has 0 N–H and O–H groups in total. The number of hydrogen-bond donors (Lipinski definition) is 0. The minimum absolute atomic E-state index is 0.244. The summed E-state index contributed by atoms with van der Waals surface area (Å²) in [5, 5.41) is -0.971. The van der Waals surface area contributed by atoms with Gasteiger partial charge in [0.2, 0.25) is 5.75 Å². The van der Waals surface area contributed by atoms with Crippen molar-refractivity contribution in [2.75, 3.05) is 21.3 Å². The average molecular weight is 413 g/mol. The third-order valence-corrected chi connectivity index (χ3v) is 6.86. The number of aryl methyl sites for hydroxylation is 1. The second-order valence-corrected chi connectivity index (χ2v) is 8.61. The van der Waals surface area contributed by atoms with Gasteiger partial charge >= 0.3 is 0 Å². The molecule has 6 heteroatoms. The van der Waals surface area contributed by atoms with Gasteiger partial charge in [0.25, 0.3) is 0 Å². The molecule has 0 aromatic heterocycles. The van der Waals surface area contributed by atoms with Crippen LogP contribution in [0.2, 0.25) is 0 Å². The van der Waals surface area contributed by atoms with Crippen LogP contribution in [0.25, 0.3) is 0 Å². The second kappa shape index (κ2) is 8.57. The SMILES string of the molecule is COc1ccc(C(c2ccccc2)S(=O)(=O)c2ccc(C)cc2)c(OC)c1OC. The Morgan fingerprint density at radius 2 is 1.34 bits per heavy atom. The highest BCUT2D eigenvalue weighted by Crippen LogP contribution is 2.47. The Labute approximate surface area is 171 Å². The van der Waals surface area contributed by atoms with Crippen molar-refractivity contribution in [2.45, 2.75) is 17.1 Å². The Morgan fingerprint density at radius 1 is 0.724 bits per heavy atom. The minimum Gasteiger partial charge on any atom is -0.493 e. The van der Waals surface area contributed by atoms with Crippen LogP contribution in [0.3, 0.4) is 0 Å². The lowest BCUT2D eigenvalue weighted by molar-refractivity contribution is 0.322. The van der Waals surface area contributed by atoms with Crippen molar-refractivity contribution in [3.63, 3.8) is 0 Å². The van der Waals surface area contributed by atoms with Crippen molar-refractivity contribution < 1.29 is 22.6 Å². The normalized spacial score (nSPS) is 12.3. The van der Waals surface area contributed by atoms with Crippen molar-refractivity contribution in [2.24, 2.45) is 0 Å². The van der Waals surface area contributed by atoms with Gasteiger partial charge in [0.15, 0.2) is 21.3 Å². The van der Waals surface area contributed by atoms with Gasteiger partial charge < -0.3 is 14.2 Å². The van der Waals surface area contributed by atoms with E-state index in [-0.39, 0.29) is 4.90 Å².